The molecule has 0 aliphatic heterocycles. The predicted molar refractivity (Wildman–Crippen MR) is 102 cm³/mol. The van der Waals surface area contributed by atoms with Crippen LogP contribution in [0.25, 0.3) is 11.1 Å². The van der Waals surface area contributed by atoms with Crippen molar-refractivity contribution < 1.29 is 4.79 Å². The molecule has 0 aliphatic rings. The molecule has 0 aromatic heterocycles. The van der Waals surface area contributed by atoms with Crippen molar-refractivity contribution in [1.29, 1.82) is 0 Å². The summed E-state index contributed by atoms with van der Waals surface area (Å²) in [6.45, 7) is 0. The first-order valence-electron chi connectivity index (χ1n) is 7.05. The van der Waals surface area contributed by atoms with Crippen molar-refractivity contribution in [2.75, 3.05) is 5.32 Å². The second kappa shape index (κ2) is 8.42. The topological polar surface area (TPSA) is 29.1 Å². The van der Waals surface area contributed by atoms with Crippen LogP contribution in [0.3, 0.4) is 0 Å². The van der Waals surface area contributed by atoms with Gasteiger partial charge in [0.05, 0.1) is 10.6 Å². The number of rotatable bonds is 3. The fourth-order valence-corrected chi connectivity index (χ4v) is 2.74. The number of anilines is 1. The van der Waals surface area contributed by atoms with Crippen LogP contribution in [0, 0.1) is 0 Å². The molecule has 0 heterocycles. The number of nitrogens with one attached hydrogen (secondary N) is 1. The van der Waals surface area contributed by atoms with Gasteiger partial charge in [0.15, 0.2) is 0 Å². The monoisotopic (exact) mass is 348 g/mol. The fourth-order valence-electron chi connectivity index (χ4n) is 2.25. The third kappa shape index (κ3) is 4.44. The van der Waals surface area contributed by atoms with Crippen molar-refractivity contribution in [3.63, 3.8) is 0 Å². The molecule has 24 heavy (non-hydrogen) atoms. The van der Waals surface area contributed by atoms with Crippen molar-refractivity contribution in [3.05, 3.63) is 88.4 Å². The first-order chi connectivity index (χ1) is 11.1. The molecular formula is C19H13Cl2LiNO. The Morgan fingerprint density at radius 2 is 1.42 bits per heavy atom. The van der Waals surface area contributed by atoms with E-state index >= 15 is 0 Å². The van der Waals surface area contributed by atoms with E-state index in [1.807, 2.05) is 54.6 Å². The fraction of sp³-hybridized carbons (Fsp3) is 0. The number of hydrogen-bond acceptors (Lipinski definition) is 1. The zero-order valence-corrected chi connectivity index (χ0v) is 14.6. The first-order valence-corrected chi connectivity index (χ1v) is 7.81. The molecule has 5 heteroatoms. The van der Waals surface area contributed by atoms with Crippen LogP contribution in [0.15, 0.2) is 72.8 Å². The van der Waals surface area contributed by atoms with Crippen LogP contribution in [0.5, 0.6) is 0 Å². The van der Waals surface area contributed by atoms with Crippen LogP contribution >= 0.6 is 23.2 Å². The molecule has 0 unspecified atom stereocenters. The van der Waals surface area contributed by atoms with Crippen molar-refractivity contribution in [3.8, 4) is 11.1 Å². The Bertz CT molecular complexity index is 836. The number of carbonyl (C=O) groups excluding carboxylic acids is 1. The number of carbonyl (C=O) groups is 1. The molecule has 0 bridgehead atoms. The van der Waals surface area contributed by atoms with E-state index < -0.39 is 0 Å². The Hall–Kier alpha value is -1.69. The van der Waals surface area contributed by atoms with E-state index in [1.54, 1.807) is 18.2 Å². The Labute approximate surface area is 163 Å². The second-order valence-corrected chi connectivity index (χ2v) is 5.87. The summed E-state index contributed by atoms with van der Waals surface area (Å²) in [5.74, 6) is -0.265. The summed E-state index contributed by atoms with van der Waals surface area (Å²) in [6.07, 6.45) is 0. The predicted octanol–water partition coefficient (Wildman–Crippen LogP) is 5.53. The zero-order valence-electron chi connectivity index (χ0n) is 13.1. The Morgan fingerprint density at radius 3 is 2.04 bits per heavy atom. The average Bonchev–Trinajstić information content (AvgIpc) is 2.56. The van der Waals surface area contributed by atoms with E-state index in [2.05, 4.69) is 5.32 Å². The van der Waals surface area contributed by atoms with Crippen LogP contribution in [-0.2, 0) is 0 Å². The van der Waals surface area contributed by atoms with Gasteiger partial charge >= 0.3 is 0 Å². The van der Waals surface area contributed by atoms with Gasteiger partial charge in [-0.3, -0.25) is 4.79 Å². The molecule has 1 N–H and O–H groups in total. The van der Waals surface area contributed by atoms with Crippen LogP contribution < -0.4 is 5.32 Å². The molecule has 1 amide bonds. The second-order valence-electron chi connectivity index (χ2n) is 5.02. The average molecular weight is 349 g/mol. The Morgan fingerprint density at radius 1 is 0.792 bits per heavy atom. The molecule has 3 rings (SSSR count). The van der Waals surface area contributed by atoms with Crippen LogP contribution in [0.1, 0.15) is 10.4 Å². The van der Waals surface area contributed by atoms with Gasteiger partial charge in [0, 0.05) is 29.6 Å². The van der Waals surface area contributed by atoms with E-state index in [0.717, 1.165) is 11.1 Å². The van der Waals surface area contributed by atoms with Gasteiger partial charge in [-0.1, -0.05) is 65.7 Å². The largest absolute Gasteiger partial charge is 0.322 e. The quantitative estimate of drug-likeness (QED) is 0.619. The van der Waals surface area contributed by atoms with Crippen molar-refractivity contribution in [2.24, 2.45) is 0 Å². The number of hydrogen-bond donors (Lipinski definition) is 1. The normalized spacial score (nSPS) is 9.92. The van der Waals surface area contributed by atoms with Gasteiger partial charge in [0.25, 0.3) is 5.91 Å². The molecule has 0 spiro atoms. The molecule has 3 aromatic carbocycles. The molecule has 0 fully saturated rings. The first kappa shape index (κ1) is 18.6. The zero-order chi connectivity index (χ0) is 16.2. The molecule has 115 valence electrons. The number of halogens is 2. The third-order valence-electron chi connectivity index (χ3n) is 3.43. The van der Waals surface area contributed by atoms with Gasteiger partial charge in [-0.05, 0) is 41.5 Å². The molecule has 0 saturated carbocycles. The maximum Gasteiger partial charge on any atom is 0.257 e. The molecule has 2 nitrogen and oxygen atoms in total. The SMILES string of the molecule is O=C(Nc1ccc(-c2ccccc2)cc1)c1ccc(Cl)cc1Cl.[Li]. The van der Waals surface area contributed by atoms with Crippen LogP contribution in [-0.4, -0.2) is 24.8 Å². The summed E-state index contributed by atoms with van der Waals surface area (Å²) in [7, 11) is 0. The minimum atomic E-state index is -0.265. The number of amides is 1. The van der Waals surface area contributed by atoms with Gasteiger partial charge in [-0.2, -0.15) is 0 Å². The molecule has 0 aliphatic carbocycles. The van der Waals surface area contributed by atoms with Gasteiger partial charge in [0.2, 0.25) is 0 Å². The van der Waals surface area contributed by atoms with Crippen LogP contribution in [0.2, 0.25) is 10.0 Å². The standard InChI is InChI=1S/C19H13Cl2NO.Li/c20-15-8-11-17(18(21)12-15)19(23)22-16-9-6-14(7-10-16)13-4-2-1-3-5-13;/h1-12H,(H,22,23);. The van der Waals surface area contributed by atoms with E-state index in [4.69, 9.17) is 23.2 Å². The molecule has 1 radical (unpaired) electrons. The van der Waals surface area contributed by atoms with E-state index in [1.165, 1.54) is 0 Å². The van der Waals surface area contributed by atoms with E-state index in [0.29, 0.717) is 21.3 Å². The molecular weight excluding hydrogens is 336 g/mol. The third-order valence-corrected chi connectivity index (χ3v) is 3.97. The molecule has 0 atom stereocenters. The summed E-state index contributed by atoms with van der Waals surface area (Å²) >= 11 is 11.9. The maximum atomic E-state index is 12.3. The van der Waals surface area contributed by atoms with Crippen molar-refractivity contribution >= 4 is 53.7 Å². The van der Waals surface area contributed by atoms with E-state index in [-0.39, 0.29) is 24.8 Å². The smallest absolute Gasteiger partial charge is 0.257 e. The molecule has 0 saturated heterocycles. The number of benzene rings is 3. The van der Waals surface area contributed by atoms with Gasteiger partial charge in [-0.15, -0.1) is 0 Å². The van der Waals surface area contributed by atoms with Gasteiger partial charge in [0.1, 0.15) is 0 Å². The van der Waals surface area contributed by atoms with Gasteiger partial charge in [-0.25, -0.2) is 0 Å². The van der Waals surface area contributed by atoms with Gasteiger partial charge < -0.3 is 5.32 Å². The van der Waals surface area contributed by atoms with Crippen LogP contribution in [0.4, 0.5) is 5.69 Å². The van der Waals surface area contributed by atoms with E-state index in [9.17, 15) is 4.79 Å². The maximum absolute atomic E-state index is 12.3. The summed E-state index contributed by atoms with van der Waals surface area (Å²) in [5, 5.41) is 3.66. The minimum Gasteiger partial charge on any atom is -0.322 e. The van der Waals surface area contributed by atoms with Crippen molar-refractivity contribution in [2.45, 2.75) is 0 Å². The molecule has 3 aromatic rings. The Kier molecular flexibility index (Phi) is 6.54. The van der Waals surface area contributed by atoms with Crippen molar-refractivity contribution in [1.82, 2.24) is 0 Å². The Balaban J connectivity index is 0.00000208. The minimum absolute atomic E-state index is 0. The summed E-state index contributed by atoms with van der Waals surface area (Å²) in [4.78, 5) is 12.3. The summed E-state index contributed by atoms with van der Waals surface area (Å²) < 4.78 is 0. The summed E-state index contributed by atoms with van der Waals surface area (Å²) in [6, 6.07) is 22.5. The summed E-state index contributed by atoms with van der Waals surface area (Å²) in [5.41, 5.74) is 3.32.